The number of rotatable bonds is 6. The van der Waals surface area contributed by atoms with Crippen molar-refractivity contribution in [1.82, 2.24) is 5.32 Å². The predicted molar refractivity (Wildman–Crippen MR) is 82.1 cm³/mol. The van der Waals surface area contributed by atoms with Gasteiger partial charge in [0.15, 0.2) is 0 Å². The van der Waals surface area contributed by atoms with Gasteiger partial charge in [-0.25, -0.2) is 0 Å². The van der Waals surface area contributed by atoms with Crippen molar-refractivity contribution < 1.29 is 13.5 Å². The SMILES string of the molecule is Cc1ccc(C(C)NC(C)c2ccc(OC(F)F)cc2)s1. The summed E-state index contributed by atoms with van der Waals surface area (Å²) in [5.41, 5.74) is 1.04. The van der Waals surface area contributed by atoms with Gasteiger partial charge in [0, 0.05) is 21.8 Å². The second-order valence-corrected chi connectivity index (χ2v) is 6.33. The standard InChI is InChI=1S/C16H19F2NOS/c1-10-4-9-15(21-10)12(3)19-11(2)13-5-7-14(8-6-13)20-16(17)18/h4-9,11-12,16,19H,1-3H3. The van der Waals surface area contributed by atoms with E-state index in [2.05, 4.69) is 43.0 Å². The number of alkyl halides is 2. The molecule has 0 saturated heterocycles. The molecule has 1 aromatic carbocycles. The summed E-state index contributed by atoms with van der Waals surface area (Å²) in [5.74, 6) is 0.183. The highest BCUT2D eigenvalue weighted by Crippen LogP contribution is 2.26. The van der Waals surface area contributed by atoms with Crippen molar-refractivity contribution in [3.8, 4) is 5.75 Å². The first-order chi connectivity index (χ1) is 9.95. The minimum atomic E-state index is -2.78. The van der Waals surface area contributed by atoms with Crippen molar-refractivity contribution in [1.29, 1.82) is 0 Å². The first kappa shape index (κ1) is 15.9. The van der Waals surface area contributed by atoms with Gasteiger partial charge in [-0.1, -0.05) is 12.1 Å². The van der Waals surface area contributed by atoms with Crippen LogP contribution in [-0.4, -0.2) is 6.61 Å². The van der Waals surface area contributed by atoms with E-state index in [9.17, 15) is 8.78 Å². The molecule has 0 saturated carbocycles. The molecule has 0 radical (unpaired) electrons. The third-order valence-corrected chi connectivity index (χ3v) is 4.48. The van der Waals surface area contributed by atoms with Crippen LogP contribution in [0.3, 0.4) is 0 Å². The fraction of sp³-hybridized carbons (Fsp3) is 0.375. The fourth-order valence-electron chi connectivity index (χ4n) is 2.18. The molecule has 0 amide bonds. The number of ether oxygens (including phenoxy) is 1. The summed E-state index contributed by atoms with van der Waals surface area (Å²) in [6, 6.07) is 11.4. The second kappa shape index (κ2) is 7.00. The van der Waals surface area contributed by atoms with Crippen LogP contribution in [0.25, 0.3) is 0 Å². The Morgan fingerprint density at radius 3 is 2.19 bits per heavy atom. The molecular weight excluding hydrogens is 292 g/mol. The van der Waals surface area contributed by atoms with Gasteiger partial charge in [0.1, 0.15) is 5.75 Å². The van der Waals surface area contributed by atoms with Gasteiger partial charge in [-0.3, -0.25) is 0 Å². The van der Waals surface area contributed by atoms with Crippen LogP contribution in [0.1, 0.15) is 41.2 Å². The molecule has 0 aliphatic carbocycles. The van der Waals surface area contributed by atoms with Crippen LogP contribution in [0, 0.1) is 6.92 Å². The summed E-state index contributed by atoms with van der Waals surface area (Å²) in [4.78, 5) is 2.58. The number of hydrogen-bond donors (Lipinski definition) is 1. The molecule has 2 atom stereocenters. The fourth-order valence-corrected chi connectivity index (χ4v) is 3.07. The molecule has 1 heterocycles. The summed E-state index contributed by atoms with van der Waals surface area (Å²) in [7, 11) is 0. The first-order valence-corrected chi connectivity index (χ1v) is 7.64. The number of aryl methyl sites for hydroxylation is 1. The maximum Gasteiger partial charge on any atom is 0.387 e. The van der Waals surface area contributed by atoms with E-state index in [0.29, 0.717) is 0 Å². The third kappa shape index (κ3) is 4.51. The zero-order valence-electron chi connectivity index (χ0n) is 12.3. The van der Waals surface area contributed by atoms with E-state index in [4.69, 9.17) is 0 Å². The molecule has 2 rings (SSSR count). The van der Waals surface area contributed by atoms with Crippen LogP contribution in [0.15, 0.2) is 36.4 Å². The lowest BCUT2D eigenvalue weighted by Crippen LogP contribution is -2.21. The highest BCUT2D eigenvalue weighted by Gasteiger charge is 2.13. The van der Waals surface area contributed by atoms with Gasteiger partial charge in [-0.15, -0.1) is 11.3 Å². The molecule has 0 aliphatic rings. The van der Waals surface area contributed by atoms with Gasteiger partial charge in [0.05, 0.1) is 0 Å². The smallest absolute Gasteiger partial charge is 0.387 e. The largest absolute Gasteiger partial charge is 0.435 e. The maximum absolute atomic E-state index is 12.1. The lowest BCUT2D eigenvalue weighted by atomic mass is 10.1. The molecular formula is C16H19F2NOS. The Balaban J connectivity index is 1.98. The molecule has 1 N–H and O–H groups in total. The highest BCUT2D eigenvalue weighted by molar-refractivity contribution is 7.12. The zero-order chi connectivity index (χ0) is 15.4. The van der Waals surface area contributed by atoms with Crippen molar-refractivity contribution in [2.24, 2.45) is 0 Å². The predicted octanol–water partition coefficient (Wildman–Crippen LogP) is 5.07. The Morgan fingerprint density at radius 2 is 1.67 bits per heavy atom. The van der Waals surface area contributed by atoms with Crippen LogP contribution in [0.2, 0.25) is 0 Å². The van der Waals surface area contributed by atoms with Gasteiger partial charge >= 0.3 is 6.61 Å². The minimum absolute atomic E-state index is 0.128. The molecule has 0 fully saturated rings. The molecule has 21 heavy (non-hydrogen) atoms. The summed E-state index contributed by atoms with van der Waals surface area (Å²) in [6.45, 7) is 3.48. The molecule has 2 nitrogen and oxygen atoms in total. The van der Waals surface area contributed by atoms with Gasteiger partial charge in [0.2, 0.25) is 0 Å². The number of nitrogens with one attached hydrogen (secondary N) is 1. The molecule has 1 aromatic heterocycles. The zero-order valence-corrected chi connectivity index (χ0v) is 13.1. The quantitative estimate of drug-likeness (QED) is 0.804. The number of thiophene rings is 1. The molecule has 5 heteroatoms. The minimum Gasteiger partial charge on any atom is -0.435 e. The van der Waals surface area contributed by atoms with Crippen LogP contribution in [0.5, 0.6) is 5.75 Å². The van der Waals surface area contributed by atoms with Gasteiger partial charge < -0.3 is 10.1 Å². The van der Waals surface area contributed by atoms with Gasteiger partial charge in [0.25, 0.3) is 0 Å². The Hall–Kier alpha value is -1.46. The first-order valence-electron chi connectivity index (χ1n) is 6.83. The van der Waals surface area contributed by atoms with Crippen LogP contribution >= 0.6 is 11.3 Å². The maximum atomic E-state index is 12.1. The Morgan fingerprint density at radius 1 is 1.00 bits per heavy atom. The molecule has 2 aromatic rings. The van der Waals surface area contributed by atoms with Gasteiger partial charge in [-0.05, 0) is 50.6 Å². The normalized spacial score (nSPS) is 14.2. The van der Waals surface area contributed by atoms with Crippen molar-refractivity contribution in [3.63, 3.8) is 0 Å². The van der Waals surface area contributed by atoms with E-state index >= 15 is 0 Å². The lowest BCUT2D eigenvalue weighted by Gasteiger charge is -2.20. The Bertz CT molecular complexity index is 568. The van der Waals surface area contributed by atoms with E-state index in [1.807, 2.05) is 12.1 Å². The summed E-state index contributed by atoms with van der Waals surface area (Å²) in [6.07, 6.45) is 0. The lowest BCUT2D eigenvalue weighted by molar-refractivity contribution is -0.0498. The average molecular weight is 311 g/mol. The molecule has 114 valence electrons. The van der Waals surface area contributed by atoms with E-state index in [1.165, 1.54) is 9.75 Å². The average Bonchev–Trinajstić information content (AvgIpc) is 2.85. The van der Waals surface area contributed by atoms with Crippen LogP contribution in [-0.2, 0) is 0 Å². The second-order valence-electron chi connectivity index (χ2n) is 5.01. The number of benzene rings is 1. The summed E-state index contributed by atoms with van der Waals surface area (Å²) < 4.78 is 28.6. The Labute approximate surface area is 127 Å². The molecule has 0 aliphatic heterocycles. The third-order valence-electron chi connectivity index (χ3n) is 3.29. The highest BCUT2D eigenvalue weighted by atomic mass is 32.1. The topological polar surface area (TPSA) is 21.3 Å². The Kier molecular flexibility index (Phi) is 5.31. The summed E-state index contributed by atoms with van der Waals surface area (Å²) in [5, 5.41) is 3.51. The summed E-state index contributed by atoms with van der Waals surface area (Å²) >= 11 is 1.78. The van der Waals surface area contributed by atoms with Crippen molar-refractivity contribution in [2.75, 3.05) is 0 Å². The number of halogens is 2. The monoisotopic (exact) mass is 311 g/mol. The molecule has 2 unspecified atom stereocenters. The van der Waals surface area contributed by atoms with Crippen molar-refractivity contribution in [2.45, 2.75) is 39.5 Å². The van der Waals surface area contributed by atoms with Crippen LogP contribution in [0.4, 0.5) is 8.78 Å². The van der Waals surface area contributed by atoms with Crippen molar-refractivity contribution >= 4 is 11.3 Å². The molecule has 0 spiro atoms. The van der Waals surface area contributed by atoms with Gasteiger partial charge in [-0.2, -0.15) is 8.78 Å². The van der Waals surface area contributed by atoms with E-state index < -0.39 is 6.61 Å². The van der Waals surface area contributed by atoms with Crippen LogP contribution < -0.4 is 10.1 Å². The van der Waals surface area contributed by atoms with E-state index in [1.54, 1.807) is 23.5 Å². The van der Waals surface area contributed by atoms with E-state index in [0.717, 1.165) is 5.56 Å². The van der Waals surface area contributed by atoms with E-state index in [-0.39, 0.29) is 17.8 Å². The number of hydrogen-bond acceptors (Lipinski definition) is 3. The molecule has 0 bridgehead atoms. The van der Waals surface area contributed by atoms with Crippen molar-refractivity contribution in [3.05, 3.63) is 51.7 Å².